The Morgan fingerprint density at radius 1 is 1.29 bits per heavy atom. The molecule has 4 nitrogen and oxygen atoms in total. The molecule has 0 aliphatic rings. The fraction of sp³-hybridized carbons (Fsp3) is 0.188. The molecule has 21 heavy (non-hydrogen) atoms. The summed E-state index contributed by atoms with van der Waals surface area (Å²) in [6.45, 7) is 4.28. The summed E-state index contributed by atoms with van der Waals surface area (Å²) < 4.78 is 5.35. The third-order valence-electron chi connectivity index (χ3n) is 3.02. The van der Waals surface area contributed by atoms with Gasteiger partial charge >= 0.3 is 0 Å². The average molecular weight is 305 g/mol. The maximum atomic E-state index is 12.2. The summed E-state index contributed by atoms with van der Waals surface area (Å²) in [7, 11) is 0. The lowest BCUT2D eigenvalue weighted by molar-refractivity contribution is 0.102. The summed E-state index contributed by atoms with van der Waals surface area (Å²) in [4.78, 5) is 12.2. The number of aryl methyl sites for hydroxylation is 1. The zero-order valence-corrected chi connectivity index (χ0v) is 12.7. The number of nitrogens with one attached hydrogen (secondary N) is 1. The van der Waals surface area contributed by atoms with Crippen LogP contribution in [0.2, 0.25) is 5.02 Å². The maximum absolute atomic E-state index is 12.2. The molecule has 2 aromatic carbocycles. The van der Waals surface area contributed by atoms with E-state index in [4.69, 9.17) is 22.1 Å². The lowest BCUT2D eigenvalue weighted by atomic mass is 10.1. The molecule has 2 aromatic rings. The first kappa shape index (κ1) is 15.2. The molecule has 0 heterocycles. The summed E-state index contributed by atoms with van der Waals surface area (Å²) in [5, 5.41) is 3.26. The SMILES string of the molecule is CCOc1ccc(NC(=O)c2ccc(N)c(C)c2)cc1Cl. The molecular weight excluding hydrogens is 288 g/mol. The molecule has 0 unspecified atom stereocenters. The number of hydrogen-bond acceptors (Lipinski definition) is 3. The highest BCUT2D eigenvalue weighted by atomic mass is 35.5. The summed E-state index contributed by atoms with van der Waals surface area (Å²) in [5.41, 5.74) is 8.44. The van der Waals surface area contributed by atoms with Gasteiger partial charge in [0.1, 0.15) is 5.75 Å². The lowest BCUT2D eigenvalue weighted by Crippen LogP contribution is -2.12. The molecule has 2 rings (SSSR count). The van der Waals surface area contributed by atoms with Crippen LogP contribution in [0.3, 0.4) is 0 Å². The van der Waals surface area contributed by atoms with Crippen LogP contribution in [-0.2, 0) is 0 Å². The average Bonchev–Trinajstić information content (AvgIpc) is 2.45. The number of benzene rings is 2. The van der Waals surface area contributed by atoms with Crippen molar-refractivity contribution in [2.45, 2.75) is 13.8 Å². The highest BCUT2D eigenvalue weighted by molar-refractivity contribution is 6.32. The molecule has 0 bridgehead atoms. The smallest absolute Gasteiger partial charge is 0.255 e. The third kappa shape index (κ3) is 3.67. The predicted octanol–water partition coefficient (Wildman–Crippen LogP) is 3.88. The molecule has 110 valence electrons. The van der Waals surface area contributed by atoms with Crippen LogP contribution in [0.5, 0.6) is 5.75 Å². The second kappa shape index (κ2) is 6.50. The Morgan fingerprint density at radius 3 is 2.67 bits per heavy atom. The van der Waals surface area contributed by atoms with Gasteiger partial charge in [-0.25, -0.2) is 0 Å². The van der Waals surface area contributed by atoms with Gasteiger partial charge in [-0.2, -0.15) is 0 Å². The quantitative estimate of drug-likeness (QED) is 0.842. The molecule has 0 atom stereocenters. The van der Waals surface area contributed by atoms with Gasteiger partial charge in [0.15, 0.2) is 0 Å². The fourth-order valence-electron chi connectivity index (χ4n) is 1.87. The van der Waals surface area contributed by atoms with Gasteiger partial charge in [0, 0.05) is 16.9 Å². The van der Waals surface area contributed by atoms with E-state index in [0.29, 0.717) is 34.3 Å². The highest BCUT2D eigenvalue weighted by Gasteiger charge is 2.09. The van der Waals surface area contributed by atoms with E-state index in [1.54, 1.807) is 36.4 Å². The standard InChI is InChI=1S/C16H17ClN2O2/c1-3-21-15-7-5-12(9-13(15)17)19-16(20)11-4-6-14(18)10(2)8-11/h4-9H,3,18H2,1-2H3,(H,19,20). The van der Waals surface area contributed by atoms with Crippen LogP contribution in [0.1, 0.15) is 22.8 Å². The normalized spacial score (nSPS) is 10.2. The molecule has 1 amide bonds. The minimum Gasteiger partial charge on any atom is -0.492 e. The molecule has 0 aliphatic heterocycles. The number of nitrogens with two attached hydrogens (primary N) is 1. The van der Waals surface area contributed by atoms with E-state index >= 15 is 0 Å². The predicted molar refractivity (Wildman–Crippen MR) is 86.2 cm³/mol. The number of carbonyl (C=O) groups excluding carboxylic acids is 1. The van der Waals surface area contributed by atoms with E-state index in [-0.39, 0.29) is 5.91 Å². The van der Waals surface area contributed by atoms with Crippen molar-refractivity contribution < 1.29 is 9.53 Å². The Bertz CT molecular complexity index is 671. The lowest BCUT2D eigenvalue weighted by Gasteiger charge is -2.10. The summed E-state index contributed by atoms with van der Waals surface area (Å²) >= 11 is 6.09. The highest BCUT2D eigenvalue weighted by Crippen LogP contribution is 2.28. The molecular formula is C16H17ClN2O2. The summed E-state index contributed by atoms with van der Waals surface area (Å²) in [6, 6.07) is 10.3. The van der Waals surface area contributed by atoms with Crippen molar-refractivity contribution in [3.63, 3.8) is 0 Å². The number of hydrogen-bond donors (Lipinski definition) is 2. The zero-order chi connectivity index (χ0) is 15.4. The molecule has 0 fully saturated rings. The van der Waals surface area contributed by atoms with Crippen LogP contribution in [-0.4, -0.2) is 12.5 Å². The van der Waals surface area contributed by atoms with Crippen molar-refractivity contribution in [2.75, 3.05) is 17.7 Å². The minimum atomic E-state index is -0.210. The molecule has 0 radical (unpaired) electrons. The number of anilines is 2. The Balaban J connectivity index is 2.15. The van der Waals surface area contributed by atoms with Crippen LogP contribution in [0, 0.1) is 6.92 Å². The molecule has 0 aromatic heterocycles. The molecule has 5 heteroatoms. The van der Waals surface area contributed by atoms with Crippen molar-refractivity contribution in [3.05, 3.63) is 52.5 Å². The topological polar surface area (TPSA) is 64.3 Å². The number of ether oxygens (including phenoxy) is 1. The van der Waals surface area contributed by atoms with Gasteiger partial charge in [0.05, 0.1) is 11.6 Å². The third-order valence-corrected chi connectivity index (χ3v) is 3.32. The Kier molecular flexibility index (Phi) is 4.70. The molecule has 0 spiro atoms. The van der Waals surface area contributed by atoms with Crippen molar-refractivity contribution in [1.82, 2.24) is 0 Å². The second-order valence-electron chi connectivity index (χ2n) is 4.60. The molecule has 0 aliphatic carbocycles. The molecule has 0 saturated heterocycles. The van der Waals surface area contributed by atoms with Crippen LogP contribution in [0.15, 0.2) is 36.4 Å². The largest absolute Gasteiger partial charge is 0.492 e. The fourth-order valence-corrected chi connectivity index (χ4v) is 2.11. The Labute approximate surface area is 128 Å². The van der Waals surface area contributed by atoms with Crippen LogP contribution in [0.4, 0.5) is 11.4 Å². The van der Waals surface area contributed by atoms with E-state index in [1.165, 1.54) is 0 Å². The van der Waals surface area contributed by atoms with Crippen LogP contribution >= 0.6 is 11.6 Å². The molecule has 3 N–H and O–H groups in total. The number of carbonyl (C=O) groups is 1. The van der Waals surface area contributed by atoms with Crippen molar-refractivity contribution in [3.8, 4) is 5.75 Å². The van der Waals surface area contributed by atoms with Crippen LogP contribution in [0.25, 0.3) is 0 Å². The summed E-state index contributed by atoms with van der Waals surface area (Å²) in [5.74, 6) is 0.388. The van der Waals surface area contributed by atoms with Gasteiger partial charge in [-0.15, -0.1) is 0 Å². The van der Waals surface area contributed by atoms with Crippen molar-refractivity contribution in [2.24, 2.45) is 0 Å². The Hall–Kier alpha value is -2.20. The van der Waals surface area contributed by atoms with Gasteiger partial charge in [-0.1, -0.05) is 11.6 Å². The molecule has 0 saturated carbocycles. The number of halogens is 1. The van der Waals surface area contributed by atoms with Crippen molar-refractivity contribution >= 4 is 28.9 Å². The van der Waals surface area contributed by atoms with Gasteiger partial charge in [0.25, 0.3) is 5.91 Å². The minimum absolute atomic E-state index is 0.210. The van der Waals surface area contributed by atoms with Gasteiger partial charge in [-0.3, -0.25) is 4.79 Å². The number of amides is 1. The Morgan fingerprint density at radius 2 is 2.05 bits per heavy atom. The van der Waals surface area contributed by atoms with E-state index < -0.39 is 0 Å². The van der Waals surface area contributed by atoms with Gasteiger partial charge in [0.2, 0.25) is 0 Å². The van der Waals surface area contributed by atoms with Gasteiger partial charge < -0.3 is 15.8 Å². The van der Waals surface area contributed by atoms with E-state index in [2.05, 4.69) is 5.32 Å². The first-order chi connectivity index (χ1) is 10.0. The van der Waals surface area contributed by atoms with E-state index in [1.807, 2.05) is 13.8 Å². The van der Waals surface area contributed by atoms with Crippen LogP contribution < -0.4 is 15.8 Å². The van der Waals surface area contributed by atoms with Gasteiger partial charge in [-0.05, 0) is 55.8 Å². The van der Waals surface area contributed by atoms with Crippen molar-refractivity contribution in [1.29, 1.82) is 0 Å². The first-order valence-electron chi connectivity index (χ1n) is 6.61. The zero-order valence-electron chi connectivity index (χ0n) is 11.9. The van der Waals surface area contributed by atoms with E-state index in [9.17, 15) is 4.79 Å². The first-order valence-corrected chi connectivity index (χ1v) is 6.99. The monoisotopic (exact) mass is 304 g/mol. The number of rotatable bonds is 4. The maximum Gasteiger partial charge on any atom is 0.255 e. The second-order valence-corrected chi connectivity index (χ2v) is 5.01. The van der Waals surface area contributed by atoms with E-state index in [0.717, 1.165) is 5.56 Å². The number of nitrogen functional groups attached to an aromatic ring is 1. The summed E-state index contributed by atoms with van der Waals surface area (Å²) in [6.07, 6.45) is 0.